The number of halogens is 1. The van der Waals surface area contributed by atoms with Crippen molar-refractivity contribution in [2.45, 2.75) is 50.3 Å². The Balaban J connectivity index is 1.67. The molecule has 2 aliphatic rings. The second kappa shape index (κ2) is 10.7. The van der Waals surface area contributed by atoms with Crippen LogP contribution in [0.25, 0.3) is 0 Å². The van der Waals surface area contributed by atoms with Gasteiger partial charge in [-0.15, -0.1) is 0 Å². The van der Waals surface area contributed by atoms with Crippen LogP contribution in [-0.4, -0.2) is 54.1 Å². The molecule has 2 unspecified atom stereocenters. The SMILES string of the molecule is CSCC1CN(C2CCC(/C(=N/N)NN)CC2)C(Cc2ccc(Cl)cc2)CO1. The quantitative estimate of drug-likeness (QED) is 0.281. The number of rotatable bonds is 6. The lowest BCUT2D eigenvalue weighted by molar-refractivity contribution is -0.0752. The molecule has 5 N–H and O–H groups in total. The molecule has 0 spiro atoms. The molecule has 6 nitrogen and oxygen atoms in total. The third-order valence-corrected chi connectivity index (χ3v) is 6.94. The number of amidine groups is 1. The van der Waals surface area contributed by atoms with Crippen molar-refractivity contribution in [1.29, 1.82) is 0 Å². The van der Waals surface area contributed by atoms with Gasteiger partial charge in [0.15, 0.2) is 0 Å². The fourth-order valence-corrected chi connectivity index (χ4v) is 5.22. The maximum absolute atomic E-state index is 6.19. The number of thioether (sulfide) groups is 1. The first-order chi connectivity index (χ1) is 13.6. The third kappa shape index (κ3) is 5.54. The Morgan fingerprint density at radius 1 is 1.29 bits per heavy atom. The van der Waals surface area contributed by atoms with Gasteiger partial charge in [-0.25, -0.2) is 5.84 Å². The van der Waals surface area contributed by atoms with E-state index in [2.05, 4.69) is 33.8 Å². The predicted octanol–water partition coefficient (Wildman–Crippen LogP) is 2.61. The molecule has 2 atom stereocenters. The number of morpholine rings is 1. The highest BCUT2D eigenvalue weighted by Gasteiger charge is 2.36. The van der Waals surface area contributed by atoms with Crippen molar-refractivity contribution in [3.63, 3.8) is 0 Å². The number of ether oxygens (including phenoxy) is 1. The fraction of sp³-hybridized carbons (Fsp3) is 0.650. The minimum atomic E-state index is 0.307. The smallest absolute Gasteiger partial charge is 0.139 e. The second-order valence-corrected chi connectivity index (χ2v) is 9.10. The van der Waals surface area contributed by atoms with E-state index < -0.39 is 0 Å². The Labute approximate surface area is 177 Å². The van der Waals surface area contributed by atoms with E-state index in [0.29, 0.717) is 24.1 Å². The summed E-state index contributed by atoms with van der Waals surface area (Å²) in [6.45, 7) is 1.79. The van der Waals surface area contributed by atoms with E-state index >= 15 is 0 Å². The number of nitrogens with zero attached hydrogens (tertiary/aromatic N) is 2. The van der Waals surface area contributed by atoms with Crippen LogP contribution in [0.5, 0.6) is 0 Å². The van der Waals surface area contributed by atoms with Gasteiger partial charge in [0.25, 0.3) is 0 Å². The Kier molecular flexibility index (Phi) is 8.29. The molecule has 28 heavy (non-hydrogen) atoms. The molecule has 0 amide bonds. The highest BCUT2D eigenvalue weighted by molar-refractivity contribution is 7.98. The maximum Gasteiger partial charge on any atom is 0.139 e. The van der Waals surface area contributed by atoms with Crippen molar-refractivity contribution >= 4 is 29.2 Å². The molecule has 3 rings (SSSR count). The molecule has 1 aromatic rings. The maximum atomic E-state index is 6.19. The van der Waals surface area contributed by atoms with Gasteiger partial charge >= 0.3 is 0 Å². The van der Waals surface area contributed by atoms with Crippen molar-refractivity contribution in [1.82, 2.24) is 10.3 Å². The average Bonchev–Trinajstić information content (AvgIpc) is 2.72. The van der Waals surface area contributed by atoms with Crippen molar-refractivity contribution < 1.29 is 4.74 Å². The van der Waals surface area contributed by atoms with Crippen molar-refractivity contribution in [3.8, 4) is 0 Å². The minimum Gasteiger partial charge on any atom is -0.374 e. The summed E-state index contributed by atoms with van der Waals surface area (Å²) < 4.78 is 6.19. The zero-order chi connectivity index (χ0) is 19.9. The molecule has 1 aliphatic carbocycles. The molecule has 0 bridgehead atoms. The van der Waals surface area contributed by atoms with E-state index in [1.54, 1.807) is 0 Å². The summed E-state index contributed by atoms with van der Waals surface area (Å²) in [5, 5.41) is 4.60. The summed E-state index contributed by atoms with van der Waals surface area (Å²) in [5.74, 6) is 13.1. The summed E-state index contributed by atoms with van der Waals surface area (Å²) >= 11 is 7.91. The van der Waals surface area contributed by atoms with Crippen LogP contribution in [0.1, 0.15) is 31.2 Å². The topological polar surface area (TPSA) is 88.9 Å². The van der Waals surface area contributed by atoms with Gasteiger partial charge in [0.2, 0.25) is 0 Å². The molecule has 0 aromatic heterocycles. The molecule has 2 fully saturated rings. The highest BCUT2D eigenvalue weighted by atomic mass is 35.5. The van der Waals surface area contributed by atoms with Gasteiger partial charge in [-0.1, -0.05) is 23.7 Å². The Morgan fingerprint density at radius 2 is 2.00 bits per heavy atom. The predicted molar refractivity (Wildman–Crippen MR) is 118 cm³/mol. The van der Waals surface area contributed by atoms with Crippen molar-refractivity contribution in [3.05, 3.63) is 34.9 Å². The van der Waals surface area contributed by atoms with Crippen LogP contribution in [0.4, 0.5) is 0 Å². The molecule has 0 radical (unpaired) electrons. The number of hydrazine groups is 1. The molecular formula is C20H32ClN5OS. The van der Waals surface area contributed by atoms with Gasteiger partial charge in [-0.05, 0) is 56.1 Å². The average molecular weight is 426 g/mol. The summed E-state index contributed by atoms with van der Waals surface area (Å²) in [6, 6.07) is 9.17. The molecule has 1 saturated heterocycles. The normalized spacial score (nSPS) is 29.6. The number of benzene rings is 1. The standard InChI is InChI=1S/C20H32ClN5OS/c1-28-13-19-11-26(17-8-4-15(5-9-17)20(24-22)25-23)18(12-27-19)10-14-2-6-16(21)7-3-14/h2-3,6-7,15,17-19H,4-5,8-13,22-23H2,1H3,(H,24,25). The van der Waals surface area contributed by atoms with E-state index in [4.69, 9.17) is 28.0 Å². The number of hydrogen-bond acceptors (Lipinski definition) is 6. The number of nitrogens with one attached hydrogen (secondary N) is 1. The van der Waals surface area contributed by atoms with Gasteiger partial charge < -0.3 is 16.0 Å². The van der Waals surface area contributed by atoms with Crippen LogP contribution >= 0.6 is 23.4 Å². The molecule has 156 valence electrons. The Hall–Kier alpha value is -0.990. The highest BCUT2D eigenvalue weighted by Crippen LogP contribution is 2.32. The summed E-state index contributed by atoms with van der Waals surface area (Å²) in [4.78, 5) is 2.70. The van der Waals surface area contributed by atoms with E-state index in [1.807, 2.05) is 23.9 Å². The fourth-order valence-electron chi connectivity index (χ4n) is 4.52. The first-order valence-electron chi connectivity index (χ1n) is 9.99. The largest absolute Gasteiger partial charge is 0.374 e. The summed E-state index contributed by atoms with van der Waals surface area (Å²) in [6.07, 6.45) is 7.82. The summed E-state index contributed by atoms with van der Waals surface area (Å²) in [5.41, 5.74) is 3.97. The van der Waals surface area contributed by atoms with E-state index in [1.165, 1.54) is 5.56 Å². The molecule has 1 aliphatic heterocycles. The van der Waals surface area contributed by atoms with E-state index in [9.17, 15) is 0 Å². The van der Waals surface area contributed by atoms with Crippen LogP contribution in [0.15, 0.2) is 29.4 Å². The van der Waals surface area contributed by atoms with Crippen molar-refractivity contribution in [2.75, 3.05) is 25.2 Å². The lowest BCUT2D eigenvalue weighted by Gasteiger charge is -2.46. The second-order valence-electron chi connectivity index (χ2n) is 7.76. The first kappa shape index (κ1) is 21.7. The number of hydrazone groups is 1. The van der Waals surface area contributed by atoms with Gasteiger partial charge in [0.05, 0.1) is 12.7 Å². The zero-order valence-corrected chi connectivity index (χ0v) is 18.1. The first-order valence-corrected chi connectivity index (χ1v) is 11.8. The third-order valence-electron chi connectivity index (χ3n) is 5.98. The zero-order valence-electron chi connectivity index (χ0n) is 16.5. The van der Waals surface area contributed by atoms with Crippen molar-refractivity contribution in [2.24, 2.45) is 22.7 Å². The minimum absolute atomic E-state index is 0.307. The number of hydrogen-bond donors (Lipinski definition) is 3. The molecule has 1 heterocycles. The van der Waals surface area contributed by atoms with Crippen LogP contribution in [0.3, 0.4) is 0 Å². The Bertz CT molecular complexity index is 636. The van der Waals surface area contributed by atoms with Gasteiger partial charge in [-0.2, -0.15) is 16.9 Å². The molecule has 1 saturated carbocycles. The summed E-state index contributed by atoms with van der Waals surface area (Å²) in [7, 11) is 0. The van der Waals surface area contributed by atoms with E-state index in [-0.39, 0.29) is 0 Å². The lowest BCUT2D eigenvalue weighted by Crippen LogP contribution is -2.56. The van der Waals surface area contributed by atoms with Gasteiger partial charge in [-0.3, -0.25) is 4.90 Å². The van der Waals surface area contributed by atoms with Gasteiger partial charge in [0.1, 0.15) is 5.84 Å². The van der Waals surface area contributed by atoms with E-state index in [0.717, 1.165) is 61.9 Å². The number of nitrogens with two attached hydrogens (primary N) is 2. The monoisotopic (exact) mass is 425 g/mol. The van der Waals surface area contributed by atoms with Crippen LogP contribution in [0.2, 0.25) is 5.02 Å². The molecule has 8 heteroatoms. The van der Waals surface area contributed by atoms with Gasteiger partial charge in [0, 0.05) is 35.3 Å². The van der Waals surface area contributed by atoms with Crippen LogP contribution < -0.4 is 17.1 Å². The lowest BCUT2D eigenvalue weighted by atomic mass is 9.83. The molecular weight excluding hydrogens is 394 g/mol. The van der Waals surface area contributed by atoms with Crippen LogP contribution in [-0.2, 0) is 11.2 Å². The van der Waals surface area contributed by atoms with Crippen LogP contribution in [0, 0.1) is 5.92 Å². The Morgan fingerprint density at radius 3 is 2.61 bits per heavy atom. The molecule has 1 aromatic carbocycles.